The van der Waals surface area contributed by atoms with Gasteiger partial charge in [0.2, 0.25) is 17.7 Å². The Balaban J connectivity index is 3.00. The summed E-state index contributed by atoms with van der Waals surface area (Å²) < 4.78 is 0. The van der Waals surface area contributed by atoms with E-state index in [0.29, 0.717) is 5.69 Å². The van der Waals surface area contributed by atoms with E-state index in [1.165, 1.54) is 19.4 Å². The molecule has 184 valence electrons. The second-order valence-electron chi connectivity index (χ2n) is 8.15. The van der Waals surface area contributed by atoms with Crippen molar-refractivity contribution in [1.29, 1.82) is 0 Å². The van der Waals surface area contributed by atoms with Gasteiger partial charge in [0, 0.05) is 24.7 Å². The number of nitrogens with one attached hydrogen (secondary N) is 4. The molecule has 3 amide bonds. The fraction of sp³-hybridized carbons (Fsp3) is 0.600. The molecule has 4 atom stereocenters. The van der Waals surface area contributed by atoms with Gasteiger partial charge in [0.15, 0.2) is 0 Å². The number of carboxylic acids is 2. The van der Waals surface area contributed by atoms with Gasteiger partial charge in [0.05, 0.1) is 12.4 Å². The van der Waals surface area contributed by atoms with Crippen LogP contribution < -0.4 is 21.7 Å². The highest BCUT2D eigenvalue weighted by atomic mass is 16.4. The van der Waals surface area contributed by atoms with Gasteiger partial charge in [-0.1, -0.05) is 13.8 Å². The highest BCUT2D eigenvalue weighted by Crippen LogP contribution is 2.08. The lowest BCUT2D eigenvalue weighted by Crippen LogP contribution is -2.57. The zero-order valence-electron chi connectivity index (χ0n) is 18.8. The predicted octanol–water partition coefficient (Wildman–Crippen LogP) is -1.25. The molecule has 0 spiro atoms. The maximum absolute atomic E-state index is 13.0. The molecule has 0 aliphatic carbocycles. The molecule has 13 nitrogen and oxygen atoms in total. The summed E-state index contributed by atoms with van der Waals surface area (Å²) in [4.78, 5) is 66.7. The van der Waals surface area contributed by atoms with Crippen molar-refractivity contribution in [3.8, 4) is 0 Å². The number of aromatic nitrogens is 2. The number of nitrogens with two attached hydrogens (primary N) is 1. The maximum Gasteiger partial charge on any atom is 0.326 e. The molecular weight excluding hydrogens is 436 g/mol. The number of aromatic amines is 1. The topological polar surface area (TPSA) is 217 Å². The van der Waals surface area contributed by atoms with E-state index < -0.39 is 60.2 Å². The van der Waals surface area contributed by atoms with Crippen LogP contribution >= 0.6 is 0 Å². The summed E-state index contributed by atoms with van der Waals surface area (Å²) in [6, 6.07) is -4.49. The van der Waals surface area contributed by atoms with Gasteiger partial charge >= 0.3 is 11.9 Å². The highest BCUT2D eigenvalue weighted by molar-refractivity contribution is 5.94. The summed E-state index contributed by atoms with van der Waals surface area (Å²) in [6.45, 7) is 5.08. The number of carbonyl (C=O) groups excluding carboxylic acids is 3. The largest absolute Gasteiger partial charge is 0.481 e. The average Bonchev–Trinajstić information content (AvgIpc) is 3.22. The molecule has 0 aromatic carbocycles. The average molecular weight is 469 g/mol. The number of amides is 3. The molecule has 0 radical (unpaired) electrons. The van der Waals surface area contributed by atoms with Gasteiger partial charge in [-0.25, -0.2) is 9.78 Å². The van der Waals surface area contributed by atoms with Gasteiger partial charge < -0.3 is 36.9 Å². The molecule has 0 aliphatic rings. The summed E-state index contributed by atoms with van der Waals surface area (Å²) >= 11 is 0. The van der Waals surface area contributed by atoms with Crippen molar-refractivity contribution in [3.63, 3.8) is 0 Å². The standard InChI is InChI=1S/C20H32N6O7/c1-10(2)6-14(18(30)24-13(20(32)33)4-5-16(27)28)26-19(31)15(25-17(29)11(3)21)7-12-8-22-9-23-12/h8-11,13-15H,4-7,21H2,1-3H3,(H,22,23)(H,24,30)(H,25,29)(H,26,31)(H,27,28)(H,32,33). The Morgan fingerprint density at radius 3 is 2.03 bits per heavy atom. The molecule has 0 aliphatic heterocycles. The van der Waals surface area contributed by atoms with Gasteiger partial charge in [-0.05, 0) is 25.7 Å². The number of hydrogen-bond donors (Lipinski definition) is 7. The molecule has 0 saturated carbocycles. The molecule has 13 heteroatoms. The molecular formula is C20H32N6O7. The summed E-state index contributed by atoms with van der Waals surface area (Å²) in [7, 11) is 0. The first-order valence-electron chi connectivity index (χ1n) is 10.5. The number of imidazole rings is 1. The Morgan fingerprint density at radius 1 is 0.970 bits per heavy atom. The molecule has 8 N–H and O–H groups in total. The third-order valence-electron chi connectivity index (χ3n) is 4.63. The van der Waals surface area contributed by atoms with Crippen molar-refractivity contribution >= 4 is 29.7 Å². The number of nitrogens with zero attached hydrogens (tertiary/aromatic N) is 1. The fourth-order valence-electron chi connectivity index (χ4n) is 2.90. The van der Waals surface area contributed by atoms with Crippen LogP contribution in [0, 0.1) is 5.92 Å². The molecule has 0 saturated heterocycles. The Hall–Kier alpha value is -3.48. The van der Waals surface area contributed by atoms with Crippen LogP contribution in [0.15, 0.2) is 12.5 Å². The summed E-state index contributed by atoms with van der Waals surface area (Å²) in [5, 5.41) is 25.5. The van der Waals surface area contributed by atoms with Crippen molar-refractivity contribution in [3.05, 3.63) is 18.2 Å². The summed E-state index contributed by atoms with van der Waals surface area (Å²) in [5.41, 5.74) is 6.14. The lowest BCUT2D eigenvalue weighted by atomic mass is 10.0. The van der Waals surface area contributed by atoms with E-state index in [0.717, 1.165) is 0 Å². The van der Waals surface area contributed by atoms with Gasteiger partial charge in [-0.15, -0.1) is 0 Å². The minimum absolute atomic E-state index is 0.0481. The van der Waals surface area contributed by atoms with Crippen LogP contribution in [-0.2, 0) is 30.4 Å². The smallest absolute Gasteiger partial charge is 0.326 e. The quantitative estimate of drug-likeness (QED) is 0.173. The first-order chi connectivity index (χ1) is 15.4. The van der Waals surface area contributed by atoms with E-state index in [1.54, 1.807) is 0 Å². The molecule has 0 fully saturated rings. The number of rotatable bonds is 14. The van der Waals surface area contributed by atoms with Crippen LogP contribution in [0.25, 0.3) is 0 Å². The minimum Gasteiger partial charge on any atom is -0.481 e. The van der Waals surface area contributed by atoms with E-state index in [-0.39, 0.29) is 25.2 Å². The van der Waals surface area contributed by atoms with Gasteiger partial charge in [-0.2, -0.15) is 0 Å². The van der Waals surface area contributed by atoms with Gasteiger partial charge in [0.25, 0.3) is 0 Å². The second-order valence-corrected chi connectivity index (χ2v) is 8.15. The highest BCUT2D eigenvalue weighted by Gasteiger charge is 2.30. The van der Waals surface area contributed by atoms with E-state index >= 15 is 0 Å². The SMILES string of the molecule is CC(C)CC(NC(=O)C(Cc1cnc[nH]1)NC(=O)C(C)N)C(=O)NC(CCC(=O)O)C(=O)O. The van der Waals surface area contributed by atoms with Crippen LogP contribution in [0.1, 0.15) is 45.7 Å². The van der Waals surface area contributed by atoms with Gasteiger partial charge in [0.1, 0.15) is 18.1 Å². The van der Waals surface area contributed by atoms with Crippen molar-refractivity contribution in [2.75, 3.05) is 0 Å². The lowest BCUT2D eigenvalue weighted by molar-refractivity contribution is -0.143. The van der Waals surface area contributed by atoms with Crippen molar-refractivity contribution in [2.24, 2.45) is 11.7 Å². The Kier molecular flexibility index (Phi) is 11.0. The first-order valence-corrected chi connectivity index (χ1v) is 10.5. The zero-order valence-corrected chi connectivity index (χ0v) is 18.8. The number of carboxylic acid groups (broad SMARTS) is 2. The number of H-pyrrole nitrogens is 1. The molecule has 1 rings (SSSR count). The van der Waals surface area contributed by atoms with E-state index in [4.69, 9.17) is 10.8 Å². The first kappa shape index (κ1) is 27.6. The van der Waals surface area contributed by atoms with E-state index in [1.807, 2.05) is 13.8 Å². The maximum atomic E-state index is 13.0. The molecule has 4 unspecified atom stereocenters. The molecule has 33 heavy (non-hydrogen) atoms. The van der Waals surface area contributed by atoms with Crippen LogP contribution in [0.3, 0.4) is 0 Å². The molecule has 0 bridgehead atoms. The van der Waals surface area contributed by atoms with Crippen LogP contribution in [0.2, 0.25) is 0 Å². The zero-order chi connectivity index (χ0) is 25.1. The Bertz CT molecular complexity index is 825. The number of aliphatic carboxylic acids is 2. The minimum atomic E-state index is -1.43. The van der Waals surface area contributed by atoms with Crippen molar-refractivity contribution in [1.82, 2.24) is 25.9 Å². The van der Waals surface area contributed by atoms with Gasteiger partial charge in [-0.3, -0.25) is 19.2 Å². The number of hydrogen-bond acceptors (Lipinski definition) is 7. The Morgan fingerprint density at radius 2 is 1.55 bits per heavy atom. The molecule has 1 aromatic heterocycles. The van der Waals surface area contributed by atoms with Crippen LogP contribution in [-0.4, -0.2) is 74.0 Å². The number of carbonyl (C=O) groups is 5. The van der Waals surface area contributed by atoms with E-state index in [9.17, 15) is 29.1 Å². The van der Waals surface area contributed by atoms with Crippen molar-refractivity contribution in [2.45, 2.75) is 70.6 Å². The lowest BCUT2D eigenvalue weighted by Gasteiger charge is -2.25. The van der Waals surface area contributed by atoms with Crippen molar-refractivity contribution < 1.29 is 34.2 Å². The predicted molar refractivity (Wildman–Crippen MR) is 116 cm³/mol. The third-order valence-corrected chi connectivity index (χ3v) is 4.63. The Labute approximate surface area is 190 Å². The summed E-state index contributed by atoms with van der Waals surface area (Å²) in [5.74, 6) is -4.65. The molecule has 1 aromatic rings. The van der Waals surface area contributed by atoms with Crippen LogP contribution in [0.5, 0.6) is 0 Å². The third kappa shape index (κ3) is 10.1. The van der Waals surface area contributed by atoms with E-state index in [2.05, 4.69) is 25.9 Å². The summed E-state index contributed by atoms with van der Waals surface area (Å²) in [6.07, 6.45) is 2.36. The monoisotopic (exact) mass is 468 g/mol. The molecule has 1 heterocycles. The fourth-order valence-corrected chi connectivity index (χ4v) is 2.90. The second kappa shape index (κ2) is 13.2. The normalized spacial score (nSPS) is 14.6. The van der Waals surface area contributed by atoms with Crippen LogP contribution in [0.4, 0.5) is 0 Å².